The van der Waals surface area contributed by atoms with Gasteiger partial charge in [0.25, 0.3) is 11.8 Å². The molecule has 0 spiro atoms. The van der Waals surface area contributed by atoms with Gasteiger partial charge in [-0.2, -0.15) is 0 Å². The van der Waals surface area contributed by atoms with Gasteiger partial charge >= 0.3 is 0 Å². The molecule has 0 aromatic heterocycles. The van der Waals surface area contributed by atoms with Crippen LogP contribution in [0.25, 0.3) is 0 Å². The summed E-state index contributed by atoms with van der Waals surface area (Å²) in [7, 11) is 0. The van der Waals surface area contributed by atoms with E-state index in [-0.39, 0.29) is 18.4 Å². The maximum Gasteiger partial charge on any atom is 0.269 e. The van der Waals surface area contributed by atoms with E-state index < -0.39 is 0 Å². The first-order valence-electron chi connectivity index (χ1n) is 9.88. The first-order valence-corrected chi connectivity index (χ1v) is 9.88. The van der Waals surface area contributed by atoms with Gasteiger partial charge in [0.2, 0.25) is 0 Å². The molecule has 7 heteroatoms. The third kappa shape index (κ3) is 5.48. The molecule has 0 atom stereocenters. The number of nitrogens with zero attached hydrogens (tertiary/aromatic N) is 1. The van der Waals surface area contributed by atoms with Crippen LogP contribution in [0, 0.1) is 0 Å². The lowest BCUT2D eigenvalue weighted by atomic mass is 9.99. The number of hydrogen-bond donors (Lipinski definition) is 2. The van der Waals surface area contributed by atoms with Gasteiger partial charge in [0.1, 0.15) is 0 Å². The van der Waals surface area contributed by atoms with E-state index in [1.807, 2.05) is 36.9 Å². The number of ether oxygens (including phenoxy) is 2. The number of amides is 2. The highest BCUT2D eigenvalue weighted by atomic mass is 16.5. The molecule has 154 valence electrons. The van der Waals surface area contributed by atoms with Gasteiger partial charge in [0, 0.05) is 18.7 Å². The monoisotopic (exact) mass is 397 g/mol. The zero-order valence-corrected chi connectivity index (χ0v) is 16.9. The molecular weight excluding hydrogens is 370 g/mol. The topological polar surface area (TPSA) is 79.9 Å². The van der Waals surface area contributed by atoms with Gasteiger partial charge in [-0.15, -0.1) is 0 Å². The Morgan fingerprint density at radius 1 is 0.966 bits per heavy atom. The maximum absolute atomic E-state index is 12.3. The molecule has 0 saturated heterocycles. The van der Waals surface area contributed by atoms with E-state index >= 15 is 0 Å². The molecule has 2 aromatic rings. The van der Waals surface area contributed by atoms with Crippen molar-refractivity contribution in [2.75, 3.05) is 26.3 Å². The third-order valence-electron chi connectivity index (χ3n) is 4.68. The predicted octanol–water partition coefficient (Wildman–Crippen LogP) is 2.30. The molecule has 2 aromatic carbocycles. The van der Waals surface area contributed by atoms with Crippen LogP contribution in [0.5, 0.6) is 11.5 Å². The van der Waals surface area contributed by atoms with Crippen molar-refractivity contribution in [2.45, 2.75) is 26.8 Å². The summed E-state index contributed by atoms with van der Waals surface area (Å²) in [6, 6.07) is 12.8. The molecule has 2 N–H and O–H groups in total. The molecule has 7 nitrogen and oxygen atoms in total. The molecule has 0 fully saturated rings. The minimum Gasteiger partial charge on any atom is -0.490 e. The summed E-state index contributed by atoms with van der Waals surface area (Å²) in [5, 5.41) is 0. The number of hydrazine groups is 1. The summed E-state index contributed by atoms with van der Waals surface area (Å²) < 4.78 is 11.4. The van der Waals surface area contributed by atoms with Crippen molar-refractivity contribution in [1.29, 1.82) is 0 Å². The van der Waals surface area contributed by atoms with Crippen LogP contribution in [-0.4, -0.2) is 43.0 Å². The number of carbonyl (C=O) groups excluding carboxylic acids is 2. The normalized spacial score (nSPS) is 13.3. The molecule has 29 heavy (non-hydrogen) atoms. The number of nitrogens with one attached hydrogen (secondary N) is 2. The summed E-state index contributed by atoms with van der Waals surface area (Å²) >= 11 is 0. The first-order chi connectivity index (χ1) is 14.1. The predicted molar refractivity (Wildman–Crippen MR) is 110 cm³/mol. The molecule has 1 aliphatic heterocycles. The SMILES string of the molecule is CCOc1cc2c(cc1OCC)CN(CC(=O)NNC(=O)c1ccccc1)CC2. The Bertz CT molecular complexity index is 855. The second-order valence-corrected chi connectivity index (χ2v) is 6.76. The van der Waals surface area contributed by atoms with E-state index in [1.54, 1.807) is 24.3 Å². The van der Waals surface area contributed by atoms with Crippen LogP contribution in [0.2, 0.25) is 0 Å². The van der Waals surface area contributed by atoms with Gasteiger partial charge in [-0.05, 0) is 55.7 Å². The molecule has 0 unspecified atom stereocenters. The maximum atomic E-state index is 12.3. The van der Waals surface area contributed by atoms with Crippen LogP contribution in [0.3, 0.4) is 0 Å². The Kier molecular flexibility index (Phi) is 7.08. The Balaban J connectivity index is 1.57. The molecular formula is C22H27N3O4. The quantitative estimate of drug-likeness (QED) is 0.701. The lowest BCUT2D eigenvalue weighted by Gasteiger charge is -2.29. The summed E-state index contributed by atoms with van der Waals surface area (Å²) in [5.74, 6) is 0.902. The zero-order valence-electron chi connectivity index (χ0n) is 16.9. The third-order valence-corrected chi connectivity index (χ3v) is 4.68. The smallest absolute Gasteiger partial charge is 0.269 e. The number of hydrogen-bond acceptors (Lipinski definition) is 5. The highest BCUT2D eigenvalue weighted by molar-refractivity contribution is 5.95. The standard InChI is InChI=1S/C22H27N3O4/c1-3-28-19-12-17-10-11-25(14-18(17)13-20(19)29-4-2)15-21(26)23-24-22(27)16-8-6-5-7-9-16/h5-9,12-13H,3-4,10-11,14-15H2,1-2H3,(H,23,26)(H,24,27). The van der Waals surface area contributed by atoms with Crippen LogP contribution >= 0.6 is 0 Å². The Morgan fingerprint density at radius 3 is 2.28 bits per heavy atom. The number of fused-ring (bicyclic) bond motifs is 1. The average molecular weight is 397 g/mol. The van der Waals surface area contributed by atoms with Crippen LogP contribution in [0.1, 0.15) is 35.3 Å². The van der Waals surface area contributed by atoms with Gasteiger partial charge in [-0.1, -0.05) is 18.2 Å². The van der Waals surface area contributed by atoms with Crippen molar-refractivity contribution in [3.05, 3.63) is 59.2 Å². The van der Waals surface area contributed by atoms with Crippen molar-refractivity contribution in [2.24, 2.45) is 0 Å². The summed E-state index contributed by atoms with van der Waals surface area (Å²) in [5.41, 5.74) is 7.77. The van der Waals surface area contributed by atoms with Crippen LogP contribution in [-0.2, 0) is 17.8 Å². The van der Waals surface area contributed by atoms with E-state index in [0.717, 1.165) is 30.0 Å². The van der Waals surface area contributed by atoms with E-state index in [2.05, 4.69) is 10.9 Å². The first kappa shape index (κ1) is 20.7. The van der Waals surface area contributed by atoms with E-state index in [0.29, 0.717) is 25.3 Å². The van der Waals surface area contributed by atoms with Gasteiger partial charge < -0.3 is 9.47 Å². The molecule has 0 radical (unpaired) electrons. The molecule has 0 saturated carbocycles. The number of benzene rings is 2. The van der Waals surface area contributed by atoms with Crippen LogP contribution < -0.4 is 20.3 Å². The van der Waals surface area contributed by atoms with Crippen molar-refractivity contribution >= 4 is 11.8 Å². The van der Waals surface area contributed by atoms with Crippen LogP contribution in [0.15, 0.2) is 42.5 Å². The molecule has 1 heterocycles. The van der Waals surface area contributed by atoms with Crippen LogP contribution in [0.4, 0.5) is 0 Å². The van der Waals surface area contributed by atoms with Crippen molar-refractivity contribution < 1.29 is 19.1 Å². The zero-order chi connectivity index (χ0) is 20.6. The minimum absolute atomic E-state index is 0.200. The minimum atomic E-state index is -0.340. The Labute approximate surface area is 171 Å². The van der Waals surface area contributed by atoms with E-state index in [1.165, 1.54) is 5.56 Å². The molecule has 0 aliphatic carbocycles. The van der Waals surface area contributed by atoms with Gasteiger partial charge in [0.05, 0.1) is 19.8 Å². The summed E-state index contributed by atoms with van der Waals surface area (Å²) in [4.78, 5) is 26.3. The summed E-state index contributed by atoms with van der Waals surface area (Å²) in [6.45, 7) is 6.63. The molecule has 2 amide bonds. The van der Waals surface area contributed by atoms with Gasteiger partial charge in [-0.3, -0.25) is 25.3 Å². The highest BCUT2D eigenvalue weighted by Gasteiger charge is 2.21. The van der Waals surface area contributed by atoms with Gasteiger partial charge in [-0.25, -0.2) is 0 Å². The lowest BCUT2D eigenvalue weighted by molar-refractivity contribution is -0.123. The molecule has 1 aliphatic rings. The van der Waals surface area contributed by atoms with Crippen molar-refractivity contribution in [3.63, 3.8) is 0 Å². The average Bonchev–Trinajstić information content (AvgIpc) is 2.73. The van der Waals surface area contributed by atoms with Crippen molar-refractivity contribution in [1.82, 2.24) is 15.8 Å². The molecule has 3 rings (SSSR count). The fourth-order valence-electron chi connectivity index (χ4n) is 3.32. The van der Waals surface area contributed by atoms with E-state index in [9.17, 15) is 9.59 Å². The summed E-state index contributed by atoms with van der Waals surface area (Å²) in [6.07, 6.45) is 0.825. The Hall–Kier alpha value is -3.06. The largest absolute Gasteiger partial charge is 0.490 e. The fraction of sp³-hybridized carbons (Fsp3) is 0.364. The Morgan fingerprint density at radius 2 is 1.62 bits per heavy atom. The number of rotatable bonds is 7. The highest BCUT2D eigenvalue weighted by Crippen LogP contribution is 2.33. The second-order valence-electron chi connectivity index (χ2n) is 6.76. The van der Waals surface area contributed by atoms with Gasteiger partial charge in [0.15, 0.2) is 11.5 Å². The second kappa shape index (κ2) is 9.93. The lowest BCUT2D eigenvalue weighted by Crippen LogP contribution is -2.47. The fourth-order valence-corrected chi connectivity index (χ4v) is 3.32. The van der Waals surface area contributed by atoms with Crippen molar-refractivity contribution in [3.8, 4) is 11.5 Å². The van der Waals surface area contributed by atoms with E-state index in [4.69, 9.17) is 9.47 Å². The molecule has 0 bridgehead atoms. The number of carbonyl (C=O) groups is 2.